The molecule has 2 aromatic rings. The van der Waals surface area contributed by atoms with E-state index in [2.05, 4.69) is 22.4 Å². The summed E-state index contributed by atoms with van der Waals surface area (Å²) in [5, 5.41) is 11.2. The summed E-state index contributed by atoms with van der Waals surface area (Å²) in [6.45, 7) is 2.06. The molecule has 1 fully saturated rings. The molecule has 3 rings (SSSR count). The van der Waals surface area contributed by atoms with Crippen molar-refractivity contribution in [2.45, 2.75) is 23.4 Å². The smallest absolute Gasteiger partial charge is 0.229 e. The molecule has 1 aromatic heterocycles. The van der Waals surface area contributed by atoms with E-state index in [1.807, 2.05) is 6.07 Å². The number of benzene rings is 1. The van der Waals surface area contributed by atoms with Crippen molar-refractivity contribution in [1.82, 2.24) is 10.2 Å². The van der Waals surface area contributed by atoms with Gasteiger partial charge in [-0.1, -0.05) is 48.2 Å². The monoisotopic (exact) mass is 323 g/mol. The lowest BCUT2D eigenvalue weighted by atomic mass is 10.2. The first kappa shape index (κ1) is 14.5. The summed E-state index contributed by atoms with van der Waals surface area (Å²) in [5.74, 6) is 0.876. The lowest BCUT2D eigenvalue weighted by molar-refractivity contribution is -0.117. The SMILES string of the molecule is C[C@@H]1C[C@@H]1C(=O)Nc1nnc(SCc2ccccc2F)s1. The molecule has 21 heavy (non-hydrogen) atoms. The van der Waals surface area contributed by atoms with Crippen molar-refractivity contribution in [2.75, 3.05) is 5.32 Å². The zero-order chi connectivity index (χ0) is 14.8. The lowest BCUT2D eigenvalue weighted by Gasteiger charge is -1.99. The van der Waals surface area contributed by atoms with Crippen molar-refractivity contribution in [3.05, 3.63) is 35.6 Å². The van der Waals surface area contributed by atoms with Gasteiger partial charge in [-0.05, 0) is 24.0 Å². The molecule has 0 radical (unpaired) electrons. The number of aromatic nitrogens is 2. The number of halogens is 1. The van der Waals surface area contributed by atoms with Crippen LogP contribution in [0.4, 0.5) is 9.52 Å². The Morgan fingerprint density at radius 2 is 2.24 bits per heavy atom. The first-order valence-electron chi connectivity index (χ1n) is 6.64. The van der Waals surface area contributed by atoms with Crippen LogP contribution < -0.4 is 5.32 Å². The van der Waals surface area contributed by atoms with E-state index in [-0.39, 0.29) is 17.6 Å². The normalized spacial score (nSPS) is 20.3. The number of rotatable bonds is 5. The van der Waals surface area contributed by atoms with Crippen LogP contribution in [0.2, 0.25) is 0 Å². The highest BCUT2D eigenvalue weighted by Gasteiger charge is 2.39. The quantitative estimate of drug-likeness (QED) is 0.675. The molecular formula is C14H14FN3OS2. The van der Waals surface area contributed by atoms with Gasteiger partial charge in [0, 0.05) is 11.7 Å². The average Bonchev–Trinajstić information content (AvgIpc) is 3.04. The Morgan fingerprint density at radius 3 is 2.95 bits per heavy atom. The van der Waals surface area contributed by atoms with Gasteiger partial charge in [0.2, 0.25) is 11.0 Å². The van der Waals surface area contributed by atoms with Crippen molar-refractivity contribution in [3.8, 4) is 0 Å². The zero-order valence-corrected chi connectivity index (χ0v) is 13.0. The lowest BCUT2D eigenvalue weighted by Crippen LogP contribution is -2.14. The first-order chi connectivity index (χ1) is 10.1. The Balaban J connectivity index is 1.55. The van der Waals surface area contributed by atoms with Crippen LogP contribution in [0.15, 0.2) is 28.6 Å². The van der Waals surface area contributed by atoms with Crippen molar-refractivity contribution in [2.24, 2.45) is 11.8 Å². The van der Waals surface area contributed by atoms with Crippen molar-refractivity contribution >= 4 is 34.1 Å². The fraction of sp³-hybridized carbons (Fsp3) is 0.357. The molecule has 1 N–H and O–H groups in total. The van der Waals surface area contributed by atoms with Crippen LogP contribution in [0.25, 0.3) is 0 Å². The highest BCUT2D eigenvalue weighted by Crippen LogP contribution is 2.39. The maximum absolute atomic E-state index is 13.5. The van der Waals surface area contributed by atoms with E-state index < -0.39 is 0 Å². The summed E-state index contributed by atoms with van der Waals surface area (Å²) >= 11 is 2.73. The van der Waals surface area contributed by atoms with Gasteiger partial charge < -0.3 is 5.32 Å². The summed E-state index contributed by atoms with van der Waals surface area (Å²) in [7, 11) is 0. The number of hydrogen-bond donors (Lipinski definition) is 1. The molecular weight excluding hydrogens is 309 g/mol. The maximum atomic E-state index is 13.5. The van der Waals surface area contributed by atoms with E-state index in [9.17, 15) is 9.18 Å². The molecule has 1 amide bonds. The fourth-order valence-corrected chi connectivity index (χ4v) is 3.70. The van der Waals surface area contributed by atoms with Crippen LogP contribution in [-0.4, -0.2) is 16.1 Å². The van der Waals surface area contributed by atoms with Crippen LogP contribution in [0.1, 0.15) is 18.9 Å². The minimum Gasteiger partial charge on any atom is -0.300 e. The van der Waals surface area contributed by atoms with E-state index in [1.165, 1.54) is 29.2 Å². The summed E-state index contributed by atoms with van der Waals surface area (Å²) in [5.41, 5.74) is 0.634. The number of nitrogens with zero attached hydrogens (tertiary/aromatic N) is 2. The summed E-state index contributed by atoms with van der Waals surface area (Å²) < 4.78 is 14.2. The number of nitrogens with one attached hydrogen (secondary N) is 1. The molecule has 4 nitrogen and oxygen atoms in total. The number of amides is 1. The van der Waals surface area contributed by atoms with E-state index in [4.69, 9.17) is 0 Å². The van der Waals surface area contributed by atoms with Crippen molar-refractivity contribution < 1.29 is 9.18 Å². The van der Waals surface area contributed by atoms with E-state index >= 15 is 0 Å². The van der Waals surface area contributed by atoms with Gasteiger partial charge >= 0.3 is 0 Å². The minimum atomic E-state index is -0.217. The molecule has 7 heteroatoms. The topological polar surface area (TPSA) is 54.9 Å². The van der Waals surface area contributed by atoms with Crippen LogP contribution >= 0.6 is 23.1 Å². The average molecular weight is 323 g/mol. The number of anilines is 1. The Labute approximate surface area is 130 Å². The Hall–Kier alpha value is -1.47. The van der Waals surface area contributed by atoms with E-state index in [0.29, 0.717) is 22.4 Å². The zero-order valence-electron chi connectivity index (χ0n) is 11.4. The second-order valence-corrected chi connectivity index (χ2v) is 7.26. The maximum Gasteiger partial charge on any atom is 0.229 e. The largest absolute Gasteiger partial charge is 0.300 e. The minimum absolute atomic E-state index is 0.0179. The summed E-state index contributed by atoms with van der Waals surface area (Å²) in [4.78, 5) is 11.8. The molecule has 0 unspecified atom stereocenters. The van der Waals surface area contributed by atoms with Gasteiger partial charge in [-0.3, -0.25) is 4.79 Å². The van der Waals surface area contributed by atoms with Gasteiger partial charge in [-0.25, -0.2) is 4.39 Å². The van der Waals surface area contributed by atoms with Gasteiger partial charge in [-0.15, -0.1) is 10.2 Å². The van der Waals surface area contributed by atoms with Gasteiger partial charge in [0.05, 0.1) is 0 Å². The van der Waals surface area contributed by atoms with Gasteiger partial charge in [-0.2, -0.15) is 0 Å². The predicted molar refractivity (Wildman–Crippen MR) is 81.8 cm³/mol. The van der Waals surface area contributed by atoms with E-state index in [1.54, 1.807) is 12.1 Å². The molecule has 1 aromatic carbocycles. The molecule has 0 bridgehead atoms. The Kier molecular flexibility index (Phi) is 4.21. The highest BCUT2D eigenvalue weighted by molar-refractivity contribution is 8.00. The molecule has 0 spiro atoms. The van der Waals surface area contributed by atoms with Crippen molar-refractivity contribution in [1.29, 1.82) is 0 Å². The summed E-state index contributed by atoms with van der Waals surface area (Å²) in [6, 6.07) is 6.67. The first-order valence-corrected chi connectivity index (χ1v) is 8.44. The van der Waals surface area contributed by atoms with Gasteiger partial charge in [0.15, 0.2) is 4.34 Å². The highest BCUT2D eigenvalue weighted by atomic mass is 32.2. The number of carbonyl (C=O) groups excluding carboxylic acids is 1. The molecule has 0 saturated heterocycles. The number of hydrogen-bond acceptors (Lipinski definition) is 5. The van der Waals surface area contributed by atoms with Crippen LogP contribution in [0, 0.1) is 17.7 Å². The third-order valence-electron chi connectivity index (χ3n) is 3.39. The summed E-state index contributed by atoms with van der Waals surface area (Å²) in [6.07, 6.45) is 0.944. The molecule has 1 aliphatic carbocycles. The van der Waals surface area contributed by atoms with Crippen LogP contribution in [0.3, 0.4) is 0 Å². The molecule has 110 valence electrons. The molecule has 2 atom stereocenters. The second-order valence-electron chi connectivity index (χ2n) is 5.06. The van der Waals surface area contributed by atoms with Gasteiger partial charge in [0.1, 0.15) is 5.82 Å². The third-order valence-corrected chi connectivity index (χ3v) is 5.41. The second kappa shape index (κ2) is 6.11. The standard InChI is InChI=1S/C14H14FN3OS2/c1-8-6-10(8)12(19)16-13-17-18-14(21-13)20-7-9-4-2-3-5-11(9)15/h2-5,8,10H,6-7H2,1H3,(H,16,17,19)/t8-,10+/m1/s1. The predicted octanol–water partition coefficient (Wildman–Crippen LogP) is 3.56. The number of carbonyl (C=O) groups is 1. The van der Waals surface area contributed by atoms with E-state index in [0.717, 1.165) is 10.8 Å². The Morgan fingerprint density at radius 1 is 1.48 bits per heavy atom. The van der Waals surface area contributed by atoms with Gasteiger partial charge in [0.25, 0.3) is 0 Å². The number of thioether (sulfide) groups is 1. The van der Waals surface area contributed by atoms with Crippen molar-refractivity contribution in [3.63, 3.8) is 0 Å². The fourth-order valence-electron chi connectivity index (χ4n) is 1.96. The molecule has 1 aliphatic rings. The van der Waals surface area contributed by atoms with Crippen LogP contribution in [-0.2, 0) is 10.5 Å². The third kappa shape index (κ3) is 3.59. The molecule has 1 saturated carbocycles. The molecule has 0 aliphatic heterocycles. The van der Waals surface area contributed by atoms with Crippen LogP contribution in [0.5, 0.6) is 0 Å². The molecule has 1 heterocycles. The Bertz CT molecular complexity index is 661.